The van der Waals surface area contributed by atoms with Crippen LogP contribution in [0.2, 0.25) is 0 Å². The Morgan fingerprint density at radius 2 is 1.93 bits per heavy atom. The SMILES string of the molecule is COc1cc([C@H]2CC(=O)Nc3c2ncn3-c2cccc(F)c2)cc(OC)c1O. The molecule has 0 radical (unpaired) electrons. The summed E-state index contributed by atoms with van der Waals surface area (Å²) in [7, 11) is 2.88. The molecule has 0 saturated carbocycles. The molecular formula is C20H18FN3O4. The third-order valence-corrected chi connectivity index (χ3v) is 4.76. The minimum Gasteiger partial charge on any atom is -0.502 e. The molecule has 2 N–H and O–H groups in total. The maximum absolute atomic E-state index is 13.6. The minimum absolute atomic E-state index is 0.112. The molecule has 144 valence electrons. The zero-order valence-corrected chi connectivity index (χ0v) is 15.3. The molecule has 1 amide bonds. The molecule has 1 aromatic heterocycles. The number of imidazole rings is 1. The molecular weight excluding hydrogens is 365 g/mol. The maximum Gasteiger partial charge on any atom is 0.226 e. The molecule has 1 aliphatic heterocycles. The van der Waals surface area contributed by atoms with Crippen LogP contribution in [-0.2, 0) is 4.79 Å². The Morgan fingerprint density at radius 3 is 2.57 bits per heavy atom. The fraction of sp³-hybridized carbons (Fsp3) is 0.200. The number of hydrogen-bond donors (Lipinski definition) is 2. The van der Waals surface area contributed by atoms with Crippen LogP contribution >= 0.6 is 0 Å². The number of hydrogen-bond acceptors (Lipinski definition) is 5. The lowest BCUT2D eigenvalue weighted by Gasteiger charge is -2.24. The Kier molecular flexibility index (Phi) is 4.38. The number of amides is 1. The fourth-order valence-electron chi connectivity index (χ4n) is 3.42. The van der Waals surface area contributed by atoms with Crippen LogP contribution in [-0.4, -0.2) is 34.8 Å². The molecule has 1 atom stereocenters. The lowest BCUT2D eigenvalue weighted by atomic mass is 9.89. The third kappa shape index (κ3) is 2.92. The third-order valence-electron chi connectivity index (χ3n) is 4.76. The van der Waals surface area contributed by atoms with Gasteiger partial charge in [0.05, 0.1) is 25.6 Å². The standard InChI is InChI=1S/C20H18FN3O4/c1-27-15-6-11(7-16(28-2)19(15)26)14-9-17(25)23-20-18(14)22-10-24(20)13-5-3-4-12(21)8-13/h3-8,10,14,26H,9H2,1-2H3,(H,23,25)/t14-/m1/s1. The van der Waals surface area contributed by atoms with Crippen molar-refractivity contribution in [1.82, 2.24) is 9.55 Å². The monoisotopic (exact) mass is 383 g/mol. The molecule has 0 aliphatic carbocycles. The quantitative estimate of drug-likeness (QED) is 0.723. The number of nitrogens with one attached hydrogen (secondary N) is 1. The van der Waals surface area contributed by atoms with Crippen molar-refractivity contribution in [2.24, 2.45) is 0 Å². The number of carbonyl (C=O) groups excluding carboxylic acids is 1. The Balaban J connectivity index is 1.84. The van der Waals surface area contributed by atoms with Gasteiger partial charge in [-0.25, -0.2) is 9.37 Å². The van der Waals surface area contributed by atoms with Gasteiger partial charge >= 0.3 is 0 Å². The van der Waals surface area contributed by atoms with Crippen molar-refractivity contribution in [2.75, 3.05) is 19.5 Å². The second-order valence-corrected chi connectivity index (χ2v) is 6.41. The summed E-state index contributed by atoms with van der Waals surface area (Å²) in [5.74, 6) is -0.0921. The highest BCUT2D eigenvalue weighted by molar-refractivity contribution is 5.94. The molecule has 0 bridgehead atoms. The summed E-state index contributed by atoms with van der Waals surface area (Å²) >= 11 is 0. The highest BCUT2D eigenvalue weighted by Crippen LogP contribution is 2.44. The molecule has 8 heteroatoms. The number of fused-ring (bicyclic) bond motifs is 1. The first-order chi connectivity index (χ1) is 13.5. The maximum atomic E-state index is 13.6. The average molecular weight is 383 g/mol. The average Bonchev–Trinajstić information content (AvgIpc) is 3.11. The molecule has 1 aliphatic rings. The molecule has 4 rings (SSSR count). The minimum atomic E-state index is -0.383. The Hall–Kier alpha value is -3.55. The van der Waals surface area contributed by atoms with E-state index in [4.69, 9.17) is 9.47 Å². The number of phenolic OH excluding ortho intramolecular Hbond substituents is 1. The molecule has 0 fully saturated rings. The van der Waals surface area contributed by atoms with Gasteiger partial charge in [-0.1, -0.05) is 6.07 Å². The number of nitrogens with zero attached hydrogens (tertiary/aromatic N) is 2. The van der Waals surface area contributed by atoms with Crippen LogP contribution < -0.4 is 14.8 Å². The van der Waals surface area contributed by atoms with E-state index in [-0.39, 0.29) is 41.3 Å². The van der Waals surface area contributed by atoms with Crippen LogP contribution in [0.3, 0.4) is 0 Å². The second-order valence-electron chi connectivity index (χ2n) is 6.41. The first-order valence-corrected chi connectivity index (χ1v) is 8.59. The molecule has 3 aromatic rings. The molecule has 0 unspecified atom stereocenters. The predicted molar refractivity (Wildman–Crippen MR) is 99.8 cm³/mol. The fourth-order valence-corrected chi connectivity index (χ4v) is 3.42. The van der Waals surface area contributed by atoms with Gasteiger partial charge in [-0.2, -0.15) is 0 Å². The number of rotatable bonds is 4. The van der Waals surface area contributed by atoms with Gasteiger partial charge in [-0.05, 0) is 35.9 Å². The Bertz CT molecular complexity index is 1040. The van der Waals surface area contributed by atoms with Crippen molar-refractivity contribution in [3.63, 3.8) is 0 Å². The van der Waals surface area contributed by atoms with E-state index in [0.717, 1.165) is 0 Å². The van der Waals surface area contributed by atoms with E-state index in [1.807, 2.05) is 0 Å². The van der Waals surface area contributed by atoms with Crippen molar-refractivity contribution in [1.29, 1.82) is 0 Å². The van der Waals surface area contributed by atoms with E-state index in [0.29, 0.717) is 22.8 Å². The van der Waals surface area contributed by atoms with Crippen molar-refractivity contribution < 1.29 is 23.8 Å². The van der Waals surface area contributed by atoms with E-state index in [9.17, 15) is 14.3 Å². The zero-order chi connectivity index (χ0) is 19.8. The number of ether oxygens (including phenoxy) is 2. The number of halogens is 1. The normalized spacial score (nSPS) is 15.7. The van der Waals surface area contributed by atoms with Gasteiger partial charge in [0.2, 0.25) is 11.7 Å². The number of methoxy groups -OCH3 is 2. The number of anilines is 1. The molecule has 0 saturated heterocycles. The van der Waals surface area contributed by atoms with E-state index >= 15 is 0 Å². The van der Waals surface area contributed by atoms with Crippen molar-refractivity contribution >= 4 is 11.7 Å². The second kappa shape index (κ2) is 6.88. The topological polar surface area (TPSA) is 85.6 Å². The van der Waals surface area contributed by atoms with Gasteiger partial charge in [-0.15, -0.1) is 0 Å². The van der Waals surface area contributed by atoms with Crippen molar-refractivity contribution in [3.8, 4) is 22.9 Å². The van der Waals surface area contributed by atoms with E-state index in [1.54, 1.807) is 35.2 Å². The molecule has 0 spiro atoms. The predicted octanol–water partition coefficient (Wildman–Crippen LogP) is 3.21. The number of aromatic nitrogens is 2. The summed E-state index contributed by atoms with van der Waals surface area (Å²) in [6.07, 6.45) is 1.72. The lowest BCUT2D eigenvalue weighted by Crippen LogP contribution is -2.25. The molecule has 2 aromatic carbocycles. The van der Waals surface area contributed by atoms with Crippen LogP contribution in [0.1, 0.15) is 23.6 Å². The highest BCUT2D eigenvalue weighted by atomic mass is 19.1. The van der Waals surface area contributed by atoms with Crippen LogP contribution in [0.15, 0.2) is 42.7 Å². The van der Waals surface area contributed by atoms with E-state index < -0.39 is 0 Å². The summed E-state index contributed by atoms with van der Waals surface area (Å²) in [5.41, 5.74) is 1.90. The van der Waals surface area contributed by atoms with Gasteiger partial charge in [-0.3, -0.25) is 9.36 Å². The summed E-state index contributed by atoms with van der Waals surface area (Å²) in [5, 5.41) is 13.0. The van der Waals surface area contributed by atoms with Gasteiger partial charge < -0.3 is 19.9 Å². The molecule has 28 heavy (non-hydrogen) atoms. The summed E-state index contributed by atoms with van der Waals surface area (Å²) in [4.78, 5) is 16.9. The van der Waals surface area contributed by atoms with Crippen LogP contribution in [0.4, 0.5) is 10.2 Å². The summed E-state index contributed by atoms with van der Waals surface area (Å²) < 4.78 is 25.7. The van der Waals surface area contributed by atoms with E-state index in [1.165, 1.54) is 26.4 Å². The number of aromatic hydroxyl groups is 1. The van der Waals surface area contributed by atoms with Gasteiger partial charge in [0.1, 0.15) is 18.0 Å². The van der Waals surface area contributed by atoms with E-state index in [2.05, 4.69) is 10.3 Å². The number of phenols is 1. The van der Waals surface area contributed by atoms with Gasteiger partial charge in [0, 0.05) is 12.3 Å². The smallest absolute Gasteiger partial charge is 0.226 e. The van der Waals surface area contributed by atoms with Gasteiger partial charge in [0.25, 0.3) is 0 Å². The Morgan fingerprint density at radius 1 is 1.21 bits per heavy atom. The Labute approximate surface area is 160 Å². The molecule has 7 nitrogen and oxygen atoms in total. The van der Waals surface area contributed by atoms with Gasteiger partial charge in [0.15, 0.2) is 11.5 Å². The summed E-state index contributed by atoms with van der Waals surface area (Å²) in [6.45, 7) is 0. The number of benzene rings is 2. The largest absolute Gasteiger partial charge is 0.502 e. The lowest BCUT2D eigenvalue weighted by molar-refractivity contribution is -0.116. The van der Waals surface area contributed by atoms with Crippen molar-refractivity contribution in [3.05, 3.63) is 59.8 Å². The van der Waals surface area contributed by atoms with Crippen LogP contribution in [0.5, 0.6) is 17.2 Å². The van der Waals surface area contributed by atoms with Crippen molar-refractivity contribution in [2.45, 2.75) is 12.3 Å². The zero-order valence-electron chi connectivity index (χ0n) is 15.3. The number of carbonyl (C=O) groups is 1. The highest BCUT2D eigenvalue weighted by Gasteiger charge is 2.32. The first kappa shape index (κ1) is 17.8. The summed E-state index contributed by atoms with van der Waals surface area (Å²) in [6, 6.07) is 9.36. The first-order valence-electron chi connectivity index (χ1n) is 8.59. The molecule has 2 heterocycles. The van der Waals surface area contributed by atoms with Crippen LogP contribution in [0.25, 0.3) is 5.69 Å². The van der Waals surface area contributed by atoms with Crippen LogP contribution in [0, 0.1) is 5.82 Å².